The third-order valence-corrected chi connectivity index (χ3v) is 5.30. The van der Waals surface area contributed by atoms with Gasteiger partial charge < -0.3 is 10.1 Å². The molecule has 0 saturated heterocycles. The van der Waals surface area contributed by atoms with Crippen LogP contribution in [-0.4, -0.2) is 12.0 Å². The van der Waals surface area contributed by atoms with E-state index >= 15 is 0 Å². The van der Waals surface area contributed by atoms with Crippen molar-refractivity contribution in [1.82, 2.24) is 0 Å². The molecular weight excluding hydrogens is 346 g/mol. The van der Waals surface area contributed by atoms with Crippen LogP contribution in [0.4, 0.5) is 5.69 Å². The number of rotatable bonds is 5. The number of hydrogen-bond acceptors (Lipinski definition) is 2. The number of fused-ring (bicyclic) bond motifs is 1. The minimum absolute atomic E-state index is 0.142. The van der Waals surface area contributed by atoms with Crippen molar-refractivity contribution in [2.24, 2.45) is 0 Å². The number of para-hydroxylation sites is 1. The Balaban J connectivity index is 1.51. The molecule has 0 heterocycles. The van der Waals surface area contributed by atoms with E-state index in [9.17, 15) is 4.79 Å². The topological polar surface area (TPSA) is 38.3 Å². The first-order valence-corrected chi connectivity index (χ1v) is 9.95. The molecule has 1 aliphatic rings. The predicted molar refractivity (Wildman–Crippen MR) is 114 cm³/mol. The van der Waals surface area contributed by atoms with Gasteiger partial charge in [0.05, 0.1) is 0 Å². The van der Waals surface area contributed by atoms with E-state index in [1.165, 1.54) is 24.0 Å². The van der Waals surface area contributed by atoms with Crippen LogP contribution in [0, 0.1) is 0 Å². The Kier molecular flexibility index (Phi) is 5.43. The number of carbonyl (C=O) groups excluding carboxylic acids is 1. The second-order valence-electron chi connectivity index (χ2n) is 7.26. The van der Waals surface area contributed by atoms with Crippen molar-refractivity contribution in [3.05, 3.63) is 83.9 Å². The van der Waals surface area contributed by atoms with Crippen LogP contribution >= 0.6 is 0 Å². The van der Waals surface area contributed by atoms with E-state index in [4.69, 9.17) is 4.74 Å². The van der Waals surface area contributed by atoms with Crippen LogP contribution in [0.5, 0.6) is 5.75 Å². The number of aryl methyl sites for hydroxylation is 1. The summed E-state index contributed by atoms with van der Waals surface area (Å²) in [5.74, 6) is 0.702. The highest BCUT2D eigenvalue weighted by Gasteiger charge is 2.20. The number of ether oxygens (including phenoxy) is 1. The van der Waals surface area contributed by atoms with Crippen LogP contribution < -0.4 is 10.1 Å². The number of amides is 1. The zero-order chi connectivity index (χ0) is 19.3. The lowest BCUT2D eigenvalue weighted by Gasteiger charge is -2.22. The Labute approximate surface area is 166 Å². The second kappa shape index (κ2) is 8.30. The van der Waals surface area contributed by atoms with Gasteiger partial charge in [-0.1, -0.05) is 60.7 Å². The minimum Gasteiger partial charge on any atom is -0.481 e. The molecule has 3 nitrogen and oxygen atoms in total. The molecule has 0 bridgehead atoms. The molecule has 0 unspecified atom stereocenters. The summed E-state index contributed by atoms with van der Waals surface area (Å²) in [6, 6.07) is 24.1. The molecule has 1 amide bonds. The number of nitrogens with one attached hydrogen (secondary N) is 1. The summed E-state index contributed by atoms with van der Waals surface area (Å²) in [7, 11) is 0. The van der Waals surface area contributed by atoms with Gasteiger partial charge in [0.1, 0.15) is 5.75 Å². The minimum atomic E-state index is -0.572. The zero-order valence-corrected chi connectivity index (χ0v) is 16.2. The molecular formula is C25H25NO2. The van der Waals surface area contributed by atoms with Crippen molar-refractivity contribution in [3.8, 4) is 16.9 Å². The summed E-state index contributed by atoms with van der Waals surface area (Å²) in [4.78, 5) is 12.8. The zero-order valence-electron chi connectivity index (χ0n) is 16.2. The smallest absolute Gasteiger partial charge is 0.265 e. The summed E-state index contributed by atoms with van der Waals surface area (Å²) >= 11 is 0. The van der Waals surface area contributed by atoms with Crippen LogP contribution in [0.1, 0.15) is 30.9 Å². The van der Waals surface area contributed by atoms with Gasteiger partial charge in [-0.15, -0.1) is 0 Å². The fourth-order valence-corrected chi connectivity index (χ4v) is 3.80. The molecule has 3 aromatic carbocycles. The van der Waals surface area contributed by atoms with Crippen molar-refractivity contribution in [3.63, 3.8) is 0 Å². The lowest BCUT2D eigenvalue weighted by atomic mass is 9.91. The monoisotopic (exact) mass is 371 g/mol. The van der Waals surface area contributed by atoms with Crippen molar-refractivity contribution in [2.75, 3.05) is 5.32 Å². The van der Waals surface area contributed by atoms with Crippen LogP contribution in [0.3, 0.4) is 0 Å². The summed E-state index contributed by atoms with van der Waals surface area (Å²) in [5.41, 5.74) is 5.48. The highest BCUT2D eigenvalue weighted by molar-refractivity contribution is 5.98. The van der Waals surface area contributed by atoms with E-state index in [0.29, 0.717) is 0 Å². The van der Waals surface area contributed by atoms with E-state index < -0.39 is 6.10 Å². The van der Waals surface area contributed by atoms with Crippen LogP contribution in [-0.2, 0) is 17.6 Å². The fourth-order valence-electron chi connectivity index (χ4n) is 3.80. The fraction of sp³-hybridized carbons (Fsp3) is 0.240. The first-order chi connectivity index (χ1) is 13.7. The quantitative estimate of drug-likeness (QED) is 0.630. The maximum absolute atomic E-state index is 12.8. The van der Waals surface area contributed by atoms with Crippen molar-refractivity contribution in [1.29, 1.82) is 0 Å². The normalized spacial score (nSPS) is 14.0. The Morgan fingerprint density at radius 1 is 0.893 bits per heavy atom. The van der Waals surface area contributed by atoms with Crippen LogP contribution in [0.2, 0.25) is 0 Å². The highest BCUT2D eigenvalue weighted by atomic mass is 16.5. The Morgan fingerprint density at radius 3 is 2.50 bits per heavy atom. The van der Waals surface area contributed by atoms with Crippen molar-refractivity contribution in [2.45, 2.75) is 38.7 Å². The first-order valence-electron chi connectivity index (χ1n) is 9.95. The second-order valence-corrected chi connectivity index (χ2v) is 7.26. The molecule has 0 fully saturated rings. The van der Waals surface area contributed by atoms with E-state index in [1.54, 1.807) is 0 Å². The first kappa shape index (κ1) is 18.3. The van der Waals surface area contributed by atoms with Crippen molar-refractivity contribution < 1.29 is 9.53 Å². The molecule has 4 rings (SSSR count). The standard InChI is InChI=1S/C25H25NO2/c1-18(28-24-17-9-13-20-12-5-6-15-22(20)24)25(27)26-23-16-8-7-14-21(23)19-10-3-2-4-11-19/h2-4,7-11,13-14,16-18H,5-6,12,15H2,1H3,(H,26,27)/t18-/m1/s1. The summed E-state index contributed by atoms with van der Waals surface area (Å²) in [6.07, 6.45) is 3.95. The molecule has 0 spiro atoms. The Hall–Kier alpha value is -3.07. The SMILES string of the molecule is C[C@@H](Oc1cccc2c1CCCC2)C(=O)Nc1ccccc1-c1ccccc1. The summed E-state index contributed by atoms with van der Waals surface area (Å²) < 4.78 is 6.08. The van der Waals surface area contributed by atoms with Crippen LogP contribution in [0.25, 0.3) is 11.1 Å². The molecule has 0 aromatic heterocycles. The Bertz CT molecular complexity index is 965. The third kappa shape index (κ3) is 3.94. The molecule has 0 radical (unpaired) electrons. The molecule has 1 atom stereocenters. The molecule has 1 N–H and O–H groups in total. The average molecular weight is 371 g/mol. The van der Waals surface area contributed by atoms with Gasteiger partial charge in [-0.05, 0) is 61.4 Å². The largest absolute Gasteiger partial charge is 0.481 e. The van der Waals surface area contributed by atoms with Gasteiger partial charge in [0.2, 0.25) is 0 Å². The van der Waals surface area contributed by atoms with Gasteiger partial charge in [-0.25, -0.2) is 0 Å². The van der Waals surface area contributed by atoms with Gasteiger partial charge in [0.15, 0.2) is 6.10 Å². The predicted octanol–water partition coefficient (Wildman–Crippen LogP) is 5.64. The number of anilines is 1. The molecule has 28 heavy (non-hydrogen) atoms. The highest BCUT2D eigenvalue weighted by Crippen LogP contribution is 2.31. The lowest BCUT2D eigenvalue weighted by molar-refractivity contribution is -0.122. The summed E-state index contributed by atoms with van der Waals surface area (Å²) in [5, 5.41) is 3.05. The maximum atomic E-state index is 12.8. The van der Waals surface area contributed by atoms with Gasteiger partial charge >= 0.3 is 0 Å². The van der Waals surface area contributed by atoms with Gasteiger partial charge in [0, 0.05) is 11.3 Å². The third-order valence-electron chi connectivity index (χ3n) is 5.30. The van der Waals surface area contributed by atoms with Crippen LogP contribution in [0.15, 0.2) is 72.8 Å². The number of benzene rings is 3. The maximum Gasteiger partial charge on any atom is 0.265 e. The van der Waals surface area contributed by atoms with Gasteiger partial charge in [0.25, 0.3) is 5.91 Å². The molecule has 0 aliphatic heterocycles. The van der Waals surface area contributed by atoms with Gasteiger partial charge in [-0.3, -0.25) is 4.79 Å². The molecule has 142 valence electrons. The summed E-state index contributed by atoms with van der Waals surface area (Å²) in [6.45, 7) is 1.81. The van der Waals surface area contributed by atoms with Crippen molar-refractivity contribution >= 4 is 11.6 Å². The van der Waals surface area contributed by atoms with E-state index in [1.807, 2.05) is 73.7 Å². The van der Waals surface area contributed by atoms with E-state index in [0.717, 1.165) is 35.4 Å². The molecule has 3 heteroatoms. The van der Waals surface area contributed by atoms with E-state index in [-0.39, 0.29) is 5.91 Å². The molecule has 1 aliphatic carbocycles. The number of hydrogen-bond donors (Lipinski definition) is 1. The number of carbonyl (C=O) groups is 1. The lowest BCUT2D eigenvalue weighted by Crippen LogP contribution is -2.30. The van der Waals surface area contributed by atoms with Gasteiger partial charge in [-0.2, -0.15) is 0 Å². The van der Waals surface area contributed by atoms with E-state index in [2.05, 4.69) is 11.4 Å². The average Bonchev–Trinajstić information content (AvgIpc) is 2.75. The molecule has 0 saturated carbocycles. The Morgan fingerprint density at radius 2 is 1.64 bits per heavy atom. The molecule has 3 aromatic rings.